The van der Waals surface area contributed by atoms with E-state index in [9.17, 15) is 14.7 Å². The van der Waals surface area contributed by atoms with Crippen LogP contribution < -0.4 is 11.2 Å². The van der Waals surface area contributed by atoms with Crippen LogP contribution in [0.1, 0.15) is 35.3 Å². The van der Waals surface area contributed by atoms with Crippen molar-refractivity contribution < 1.29 is 14.3 Å². The summed E-state index contributed by atoms with van der Waals surface area (Å²) in [4.78, 5) is 25.8. The first kappa shape index (κ1) is 18.2. The van der Waals surface area contributed by atoms with Crippen LogP contribution in [0, 0.1) is 13.8 Å². The highest BCUT2D eigenvalue weighted by Gasteiger charge is 2.27. The predicted octanol–water partition coefficient (Wildman–Crippen LogP) is 2.79. The van der Waals surface area contributed by atoms with Crippen LogP contribution in [0.15, 0.2) is 27.5 Å². The van der Waals surface area contributed by atoms with Gasteiger partial charge >= 0.3 is 6.09 Å². The minimum atomic E-state index is -0.982. The molecule has 0 bridgehead atoms. The van der Waals surface area contributed by atoms with Gasteiger partial charge in [0.1, 0.15) is 11.3 Å². The Hall–Kier alpha value is -3.13. The predicted molar refractivity (Wildman–Crippen MR) is 104 cm³/mol. The molecule has 8 heteroatoms. The zero-order valence-corrected chi connectivity index (χ0v) is 16.0. The molecular formula is C20H22N4O4. The van der Waals surface area contributed by atoms with Gasteiger partial charge in [0, 0.05) is 23.7 Å². The van der Waals surface area contributed by atoms with Gasteiger partial charge in [-0.1, -0.05) is 6.07 Å². The Balaban J connectivity index is 1.97. The fourth-order valence-electron chi connectivity index (χ4n) is 3.76. The molecular weight excluding hydrogens is 360 g/mol. The van der Waals surface area contributed by atoms with Crippen molar-refractivity contribution in [3.63, 3.8) is 0 Å². The van der Waals surface area contributed by atoms with Gasteiger partial charge in [0.2, 0.25) is 0 Å². The van der Waals surface area contributed by atoms with E-state index in [2.05, 4.69) is 5.10 Å². The zero-order chi connectivity index (χ0) is 20.2. The molecule has 1 atom stereocenters. The Bertz CT molecular complexity index is 1160. The molecule has 4 rings (SSSR count). The molecule has 0 radical (unpaired) electrons. The number of hydrogen-bond donors (Lipinski definition) is 2. The normalized spacial score (nSPS) is 14.9. The van der Waals surface area contributed by atoms with Gasteiger partial charge in [0.15, 0.2) is 5.43 Å². The highest BCUT2D eigenvalue weighted by molar-refractivity contribution is 5.84. The number of aryl methyl sites for hydroxylation is 1. The molecule has 0 fully saturated rings. The Morgan fingerprint density at radius 2 is 2.07 bits per heavy atom. The third kappa shape index (κ3) is 2.77. The number of nitrogens with two attached hydrogens (primary N) is 1. The van der Waals surface area contributed by atoms with Crippen LogP contribution in [0.2, 0.25) is 0 Å². The molecule has 3 heterocycles. The van der Waals surface area contributed by atoms with E-state index >= 15 is 0 Å². The Morgan fingerprint density at radius 3 is 2.75 bits per heavy atom. The van der Waals surface area contributed by atoms with Gasteiger partial charge in [-0.15, -0.1) is 0 Å². The van der Waals surface area contributed by atoms with E-state index < -0.39 is 6.09 Å². The van der Waals surface area contributed by atoms with Crippen molar-refractivity contribution in [1.29, 1.82) is 0 Å². The number of aromatic nitrogens is 2. The summed E-state index contributed by atoms with van der Waals surface area (Å²) in [5, 5.41) is 14.2. The molecule has 0 saturated carbocycles. The molecule has 1 aromatic carbocycles. The lowest BCUT2D eigenvalue weighted by Crippen LogP contribution is -2.37. The van der Waals surface area contributed by atoms with Crippen molar-refractivity contribution in [2.45, 2.75) is 39.9 Å². The van der Waals surface area contributed by atoms with Crippen molar-refractivity contribution in [2.75, 3.05) is 6.54 Å². The van der Waals surface area contributed by atoms with Crippen LogP contribution in [0.25, 0.3) is 22.3 Å². The van der Waals surface area contributed by atoms with Crippen molar-refractivity contribution in [3.05, 3.63) is 50.9 Å². The molecule has 146 valence electrons. The molecule has 0 unspecified atom stereocenters. The van der Waals surface area contributed by atoms with Gasteiger partial charge in [-0.05, 0) is 32.4 Å². The van der Waals surface area contributed by atoms with Gasteiger partial charge in [-0.3, -0.25) is 9.48 Å². The van der Waals surface area contributed by atoms with Gasteiger partial charge in [0.05, 0.1) is 35.9 Å². The summed E-state index contributed by atoms with van der Waals surface area (Å²) in [7, 11) is 0. The summed E-state index contributed by atoms with van der Waals surface area (Å²) in [6.45, 7) is 6.51. The smallest absolute Gasteiger partial charge is 0.407 e. The number of benzene rings is 1. The molecule has 8 nitrogen and oxygen atoms in total. The van der Waals surface area contributed by atoms with Gasteiger partial charge in [-0.2, -0.15) is 5.10 Å². The largest absolute Gasteiger partial charge is 0.465 e. The fraction of sp³-hybridized carbons (Fsp3) is 0.350. The lowest BCUT2D eigenvalue weighted by atomic mass is 9.99. The lowest BCUT2D eigenvalue weighted by molar-refractivity contribution is 0.131. The summed E-state index contributed by atoms with van der Waals surface area (Å²) < 4.78 is 7.99. The second-order valence-corrected chi connectivity index (χ2v) is 7.34. The maximum atomic E-state index is 13.1. The van der Waals surface area contributed by atoms with Crippen LogP contribution in [-0.4, -0.2) is 32.4 Å². The molecule has 28 heavy (non-hydrogen) atoms. The monoisotopic (exact) mass is 382 g/mol. The minimum absolute atomic E-state index is 0.118. The number of nitrogens with zero attached hydrogens (tertiary/aromatic N) is 3. The minimum Gasteiger partial charge on any atom is -0.465 e. The maximum absolute atomic E-state index is 13.1. The number of fused-ring (bicyclic) bond motifs is 2. The van der Waals surface area contributed by atoms with E-state index in [1.165, 1.54) is 4.90 Å². The molecule has 1 aliphatic rings. The molecule has 0 aliphatic carbocycles. The molecule has 3 aromatic rings. The van der Waals surface area contributed by atoms with Crippen LogP contribution in [-0.2, 0) is 13.1 Å². The SMILES string of the molecule is Cc1cc([C@@H](C)N)c2oc(-c3cnn4c3CN(C(=O)O)CC4)c(C)c(=O)c2c1. The van der Waals surface area contributed by atoms with Crippen molar-refractivity contribution in [3.8, 4) is 11.3 Å². The second-order valence-electron chi connectivity index (χ2n) is 7.34. The van der Waals surface area contributed by atoms with Gasteiger partial charge in [-0.25, -0.2) is 4.79 Å². The molecule has 1 amide bonds. The fourth-order valence-corrected chi connectivity index (χ4v) is 3.76. The average Bonchev–Trinajstić information content (AvgIpc) is 3.07. The lowest BCUT2D eigenvalue weighted by Gasteiger charge is -2.25. The Morgan fingerprint density at radius 1 is 1.32 bits per heavy atom. The van der Waals surface area contributed by atoms with E-state index in [-0.39, 0.29) is 18.0 Å². The summed E-state index contributed by atoms with van der Waals surface area (Å²) in [6.07, 6.45) is 0.655. The number of rotatable bonds is 2. The van der Waals surface area contributed by atoms with E-state index in [1.807, 2.05) is 26.0 Å². The standard InChI is InChI=1S/C20H22N4O4/c1-10-6-13(12(3)21)19-14(7-10)17(25)11(2)18(28-19)15-8-22-24-5-4-23(20(26)27)9-16(15)24/h6-8,12H,4-5,9,21H2,1-3H3,(H,26,27)/t12-/m1/s1. The second kappa shape index (κ2) is 6.49. The quantitative estimate of drug-likeness (QED) is 0.704. The zero-order valence-electron chi connectivity index (χ0n) is 16.0. The van der Waals surface area contributed by atoms with Crippen molar-refractivity contribution >= 4 is 17.1 Å². The summed E-state index contributed by atoms with van der Waals surface area (Å²) in [5.41, 5.74) is 10.0. The number of carboxylic acid groups (broad SMARTS) is 1. The number of hydrogen-bond acceptors (Lipinski definition) is 5. The number of amides is 1. The summed E-state index contributed by atoms with van der Waals surface area (Å²) in [5.74, 6) is 0.414. The van der Waals surface area contributed by atoms with Crippen LogP contribution >= 0.6 is 0 Å². The average molecular weight is 382 g/mol. The molecule has 0 spiro atoms. The van der Waals surface area contributed by atoms with Gasteiger partial charge in [0.25, 0.3) is 0 Å². The highest BCUT2D eigenvalue weighted by atomic mass is 16.4. The van der Waals surface area contributed by atoms with Crippen LogP contribution in [0.5, 0.6) is 0 Å². The number of carbonyl (C=O) groups is 1. The molecule has 1 aliphatic heterocycles. The van der Waals surface area contributed by atoms with E-state index in [0.717, 1.165) is 11.1 Å². The Kier molecular flexibility index (Phi) is 4.23. The topological polar surface area (TPSA) is 115 Å². The molecule has 2 aromatic heterocycles. The molecule has 3 N–H and O–H groups in total. The van der Waals surface area contributed by atoms with Gasteiger partial charge < -0.3 is 20.2 Å². The van der Waals surface area contributed by atoms with E-state index in [4.69, 9.17) is 10.2 Å². The summed E-state index contributed by atoms with van der Waals surface area (Å²) >= 11 is 0. The first-order valence-electron chi connectivity index (χ1n) is 9.14. The van der Waals surface area contributed by atoms with Crippen molar-refractivity contribution in [1.82, 2.24) is 14.7 Å². The van der Waals surface area contributed by atoms with Crippen LogP contribution in [0.4, 0.5) is 4.79 Å². The highest BCUT2D eigenvalue weighted by Crippen LogP contribution is 2.33. The van der Waals surface area contributed by atoms with Crippen molar-refractivity contribution in [2.24, 2.45) is 5.73 Å². The van der Waals surface area contributed by atoms with E-state index in [1.54, 1.807) is 17.8 Å². The third-order valence-electron chi connectivity index (χ3n) is 5.27. The van der Waals surface area contributed by atoms with E-state index in [0.29, 0.717) is 46.6 Å². The first-order valence-corrected chi connectivity index (χ1v) is 9.14. The van der Waals surface area contributed by atoms with Crippen LogP contribution in [0.3, 0.4) is 0 Å². The Labute approximate surface area is 161 Å². The maximum Gasteiger partial charge on any atom is 0.407 e. The third-order valence-corrected chi connectivity index (χ3v) is 5.27. The molecule has 0 saturated heterocycles. The first-order chi connectivity index (χ1) is 13.3. The summed E-state index contributed by atoms with van der Waals surface area (Å²) in [6, 6.07) is 3.43.